The third kappa shape index (κ3) is 4.76. The van der Waals surface area contributed by atoms with Crippen molar-refractivity contribution < 1.29 is 9.53 Å². The van der Waals surface area contributed by atoms with Crippen LogP contribution in [0.25, 0.3) is 0 Å². The summed E-state index contributed by atoms with van der Waals surface area (Å²) in [6.45, 7) is 15.7. The molecule has 1 aromatic carbocycles. The Labute approximate surface area is 176 Å². The maximum Gasteiger partial charge on any atom is 0.330 e. The topological polar surface area (TPSA) is 29.5 Å². The van der Waals surface area contributed by atoms with E-state index in [1.165, 1.54) is 42.5 Å². The summed E-state index contributed by atoms with van der Waals surface area (Å²) in [6.07, 6.45) is 10.6. The van der Waals surface area contributed by atoms with Crippen LogP contribution in [0.2, 0.25) is 0 Å². The van der Waals surface area contributed by atoms with E-state index in [-0.39, 0.29) is 16.8 Å². The van der Waals surface area contributed by atoms with Crippen LogP contribution < -0.4 is 4.90 Å². The summed E-state index contributed by atoms with van der Waals surface area (Å²) in [5, 5.41) is 0. The summed E-state index contributed by atoms with van der Waals surface area (Å²) in [4.78, 5) is 14.1. The molecule has 0 amide bonds. The third-order valence-electron chi connectivity index (χ3n) is 6.61. The Morgan fingerprint density at radius 3 is 2.45 bits per heavy atom. The van der Waals surface area contributed by atoms with Crippen LogP contribution in [0.4, 0.5) is 5.69 Å². The van der Waals surface area contributed by atoms with E-state index >= 15 is 0 Å². The molecule has 0 radical (unpaired) electrons. The van der Waals surface area contributed by atoms with E-state index in [1.807, 2.05) is 19.9 Å². The lowest BCUT2D eigenvalue weighted by molar-refractivity contribution is -0.137. The van der Waals surface area contributed by atoms with Crippen LogP contribution in [0.5, 0.6) is 0 Å². The van der Waals surface area contributed by atoms with Crippen molar-refractivity contribution in [3.05, 3.63) is 52.6 Å². The van der Waals surface area contributed by atoms with Gasteiger partial charge in [-0.2, -0.15) is 0 Å². The van der Waals surface area contributed by atoms with Crippen LogP contribution in [-0.4, -0.2) is 25.7 Å². The van der Waals surface area contributed by atoms with Crippen molar-refractivity contribution in [1.29, 1.82) is 0 Å². The highest BCUT2D eigenvalue weighted by molar-refractivity contribution is 5.83. The Kier molecular flexibility index (Phi) is 6.26. The van der Waals surface area contributed by atoms with Crippen molar-refractivity contribution in [3.63, 3.8) is 0 Å². The molecule has 158 valence electrons. The molecule has 0 bridgehead atoms. The van der Waals surface area contributed by atoms with Gasteiger partial charge in [0.2, 0.25) is 0 Å². The van der Waals surface area contributed by atoms with Crippen molar-refractivity contribution in [2.75, 3.05) is 24.6 Å². The number of esters is 1. The molecule has 0 saturated carbocycles. The lowest BCUT2D eigenvalue weighted by Crippen LogP contribution is -2.36. The average molecular weight is 396 g/mol. The Bertz CT molecular complexity index is 829. The van der Waals surface area contributed by atoms with Gasteiger partial charge in [-0.05, 0) is 78.7 Å². The second-order valence-electron chi connectivity index (χ2n) is 9.89. The Hall–Kier alpha value is -2.03. The summed E-state index contributed by atoms with van der Waals surface area (Å²) < 4.78 is 4.98. The molecular weight excluding hydrogens is 358 g/mol. The molecule has 0 unspecified atom stereocenters. The van der Waals surface area contributed by atoms with Gasteiger partial charge in [-0.15, -0.1) is 0 Å². The van der Waals surface area contributed by atoms with E-state index in [4.69, 9.17) is 4.74 Å². The molecule has 2 aliphatic rings. The quantitative estimate of drug-likeness (QED) is 0.356. The molecular formula is C26H37NO2. The molecule has 3 nitrogen and oxygen atoms in total. The number of anilines is 1. The van der Waals surface area contributed by atoms with Crippen LogP contribution in [0.15, 0.2) is 35.9 Å². The second kappa shape index (κ2) is 8.38. The van der Waals surface area contributed by atoms with Crippen molar-refractivity contribution >= 4 is 11.7 Å². The van der Waals surface area contributed by atoms with E-state index in [0.29, 0.717) is 6.61 Å². The van der Waals surface area contributed by atoms with Crippen LogP contribution in [0.3, 0.4) is 0 Å². The standard InChI is InChI=1S/C26H37NO2/c1-7-29-24(28)16-19(2)10-8-14-27-15-9-11-20-17-21-22(18-23(20)27)26(5,6)13-12-25(21,3)4/h8,10,16-18H,7,9,11-15H2,1-6H3. The first-order valence-electron chi connectivity index (χ1n) is 11.1. The number of nitrogens with zero attached hydrogens (tertiary/aromatic N) is 1. The smallest absolute Gasteiger partial charge is 0.330 e. The van der Waals surface area contributed by atoms with E-state index in [0.717, 1.165) is 18.7 Å². The number of hydrogen-bond acceptors (Lipinski definition) is 3. The molecule has 1 aromatic rings. The van der Waals surface area contributed by atoms with Crippen molar-refractivity contribution in [1.82, 2.24) is 0 Å². The maximum atomic E-state index is 11.6. The zero-order chi connectivity index (χ0) is 21.2. The summed E-state index contributed by atoms with van der Waals surface area (Å²) in [6, 6.07) is 4.99. The van der Waals surface area contributed by atoms with E-state index < -0.39 is 0 Å². The number of rotatable bonds is 5. The van der Waals surface area contributed by atoms with Gasteiger partial charge < -0.3 is 9.64 Å². The Morgan fingerprint density at radius 1 is 1.14 bits per heavy atom. The molecule has 1 heterocycles. The van der Waals surface area contributed by atoms with E-state index in [1.54, 1.807) is 11.6 Å². The third-order valence-corrected chi connectivity index (χ3v) is 6.61. The zero-order valence-corrected chi connectivity index (χ0v) is 19.1. The van der Waals surface area contributed by atoms with Gasteiger partial charge in [-0.3, -0.25) is 0 Å². The minimum absolute atomic E-state index is 0.234. The van der Waals surface area contributed by atoms with Crippen LogP contribution >= 0.6 is 0 Å². The highest BCUT2D eigenvalue weighted by Crippen LogP contribution is 2.48. The van der Waals surface area contributed by atoms with Gasteiger partial charge in [0.25, 0.3) is 0 Å². The second-order valence-corrected chi connectivity index (χ2v) is 9.89. The van der Waals surface area contributed by atoms with E-state index in [2.05, 4.69) is 50.8 Å². The molecule has 0 spiro atoms. The van der Waals surface area contributed by atoms with Gasteiger partial charge in [0, 0.05) is 24.9 Å². The Balaban J connectivity index is 1.84. The average Bonchev–Trinajstić information content (AvgIpc) is 2.65. The van der Waals surface area contributed by atoms with Crippen LogP contribution in [0, 0.1) is 0 Å². The maximum absolute atomic E-state index is 11.6. The number of carbonyl (C=O) groups is 1. The first kappa shape index (κ1) is 21.7. The monoisotopic (exact) mass is 395 g/mol. The van der Waals surface area contributed by atoms with Crippen molar-refractivity contribution in [2.24, 2.45) is 0 Å². The number of benzene rings is 1. The number of fused-ring (bicyclic) bond motifs is 2. The highest BCUT2D eigenvalue weighted by Gasteiger charge is 2.38. The molecule has 1 aliphatic carbocycles. The summed E-state index contributed by atoms with van der Waals surface area (Å²) in [5.41, 5.74) is 7.40. The number of allylic oxidation sites excluding steroid dienone is 2. The fraction of sp³-hybridized carbons (Fsp3) is 0.577. The first-order chi connectivity index (χ1) is 13.6. The molecule has 0 fully saturated rings. The molecule has 0 N–H and O–H groups in total. The molecule has 0 saturated heterocycles. The largest absolute Gasteiger partial charge is 0.463 e. The molecule has 29 heavy (non-hydrogen) atoms. The normalized spacial score (nSPS) is 20.3. The molecule has 3 heteroatoms. The molecule has 3 rings (SSSR count). The van der Waals surface area contributed by atoms with Gasteiger partial charge in [0.05, 0.1) is 6.61 Å². The SMILES string of the molecule is CCOC(=O)C=C(C)C=CCN1CCCc2cc3c(cc21)C(C)(C)CCC3(C)C. The minimum atomic E-state index is -0.269. The van der Waals surface area contributed by atoms with Gasteiger partial charge >= 0.3 is 5.97 Å². The van der Waals surface area contributed by atoms with Gasteiger partial charge in [-0.1, -0.05) is 45.9 Å². The number of aryl methyl sites for hydroxylation is 1. The number of hydrogen-bond donors (Lipinski definition) is 0. The first-order valence-corrected chi connectivity index (χ1v) is 11.1. The lowest BCUT2D eigenvalue weighted by Gasteiger charge is -2.44. The van der Waals surface area contributed by atoms with Gasteiger partial charge in [-0.25, -0.2) is 4.79 Å². The van der Waals surface area contributed by atoms with Crippen molar-refractivity contribution in [3.8, 4) is 0 Å². The zero-order valence-electron chi connectivity index (χ0n) is 19.1. The Morgan fingerprint density at radius 2 is 1.79 bits per heavy atom. The van der Waals surface area contributed by atoms with Gasteiger partial charge in [0.1, 0.15) is 0 Å². The minimum Gasteiger partial charge on any atom is -0.463 e. The van der Waals surface area contributed by atoms with Gasteiger partial charge in [0.15, 0.2) is 0 Å². The van der Waals surface area contributed by atoms with Crippen molar-refractivity contribution in [2.45, 2.75) is 78.1 Å². The number of carbonyl (C=O) groups excluding carboxylic acids is 1. The summed E-state index contributed by atoms with van der Waals surface area (Å²) in [5.74, 6) is -0.269. The predicted molar refractivity (Wildman–Crippen MR) is 122 cm³/mol. The van der Waals surface area contributed by atoms with Crippen LogP contribution in [0.1, 0.15) is 77.5 Å². The molecule has 0 aromatic heterocycles. The fourth-order valence-electron chi connectivity index (χ4n) is 4.70. The highest BCUT2D eigenvalue weighted by atomic mass is 16.5. The summed E-state index contributed by atoms with van der Waals surface area (Å²) >= 11 is 0. The van der Waals surface area contributed by atoms with Crippen LogP contribution in [-0.2, 0) is 26.8 Å². The lowest BCUT2D eigenvalue weighted by atomic mass is 9.62. The number of ether oxygens (including phenoxy) is 1. The fourth-order valence-corrected chi connectivity index (χ4v) is 4.70. The van der Waals surface area contributed by atoms with E-state index in [9.17, 15) is 4.79 Å². The molecule has 1 aliphatic heterocycles. The summed E-state index contributed by atoms with van der Waals surface area (Å²) in [7, 11) is 0. The predicted octanol–water partition coefficient (Wildman–Crippen LogP) is 5.85. The molecule has 0 atom stereocenters.